The van der Waals surface area contributed by atoms with E-state index in [2.05, 4.69) is 5.32 Å². The molecule has 0 aliphatic carbocycles. The fraction of sp³-hybridized carbons (Fsp3) is 0.286. The molecule has 29 heavy (non-hydrogen) atoms. The number of carbonyl (C=O) groups is 3. The second-order valence-corrected chi connectivity index (χ2v) is 7.29. The fourth-order valence-electron chi connectivity index (χ4n) is 3.43. The zero-order valence-electron chi connectivity index (χ0n) is 15.5. The lowest BCUT2D eigenvalue weighted by molar-refractivity contribution is -0.118. The number of halogens is 1. The van der Waals surface area contributed by atoms with Crippen molar-refractivity contribution in [2.75, 3.05) is 25.1 Å². The first-order chi connectivity index (χ1) is 14.0. The van der Waals surface area contributed by atoms with Crippen LogP contribution in [0.4, 0.5) is 5.69 Å². The molecule has 2 aliphatic heterocycles. The third-order valence-electron chi connectivity index (χ3n) is 4.86. The topological polar surface area (TPSA) is 84.9 Å². The van der Waals surface area contributed by atoms with Gasteiger partial charge in [-0.15, -0.1) is 0 Å². The molecule has 7 nitrogen and oxygen atoms in total. The molecule has 8 heteroatoms. The largest absolute Gasteiger partial charge is 0.482 e. The summed E-state index contributed by atoms with van der Waals surface area (Å²) in [5, 5.41) is 3.08. The van der Waals surface area contributed by atoms with E-state index in [1.54, 1.807) is 36.4 Å². The van der Waals surface area contributed by atoms with Gasteiger partial charge in [0.2, 0.25) is 0 Å². The zero-order chi connectivity index (χ0) is 20.4. The van der Waals surface area contributed by atoms with Crippen LogP contribution in [0.2, 0.25) is 5.02 Å². The van der Waals surface area contributed by atoms with E-state index in [4.69, 9.17) is 21.1 Å². The van der Waals surface area contributed by atoms with Gasteiger partial charge in [-0.2, -0.15) is 0 Å². The van der Waals surface area contributed by atoms with E-state index < -0.39 is 5.91 Å². The number of rotatable bonds is 6. The van der Waals surface area contributed by atoms with Crippen molar-refractivity contribution in [1.29, 1.82) is 0 Å². The highest BCUT2D eigenvalue weighted by atomic mass is 35.5. The van der Waals surface area contributed by atoms with Gasteiger partial charge in [-0.1, -0.05) is 23.7 Å². The highest BCUT2D eigenvalue weighted by Crippen LogP contribution is 2.28. The quantitative estimate of drug-likeness (QED) is 0.734. The van der Waals surface area contributed by atoms with Gasteiger partial charge in [-0.05, 0) is 43.2 Å². The summed E-state index contributed by atoms with van der Waals surface area (Å²) in [6.45, 7) is 0.666. The summed E-state index contributed by atoms with van der Waals surface area (Å²) < 4.78 is 10.9. The molecule has 2 aromatic carbocycles. The lowest BCUT2D eigenvalue weighted by atomic mass is 10.1. The molecule has 1 N–H and O–H groups in total. The van der Waals surface area contributed by atoms with E-state index in [-0.39, 0.29) is 36.6 Å². The summed E-state index contributed by atoms with van der Waals surface area (Å²) in [5.74, 6) is -0.703. The van der Waals surface area contributed by atoms with Crippen LogP contribution in [-0.4, -0.2) is 48.5 Å². The summed E-state index contributed by atoms with van der Waals surface area (Å²) in [6.07, 6.45) is 1.65. The SMILES string of the molecule is O=C(COc1ccccc1Cl)Nc1ccc2c(c1)C(=O)N(C[C@@H]1CCCO1)C2=O. The van der Waals surface area contributed by atoms with E-state index in [9.17, 15) is 14.4 Å². The first kappa shape index (κ1) is 19.4. The number of amides is 3. The number of benzene rings is 2. The van der Waals surface area contributed by atoms with Crippen LogP contribution in [0.3, 0.4) is 0 Å². The number of nitrogens with one attached hydrogen (secondary N) is 1. The highest BCUT2D eigenvalue weighted by Gasteiger charge is 2.37. The average molecular weight is 415 g/mol. The molecule has 4 rings (SSSR count). The standard InChI is InChI=1S/C21H19ClN2O5/c22-17-5-1-2-6-18(17)29-12-19(25)23-13-7-8-15-16(10-13)21(27)24(20(15)26)11-14-4-3-9-28-14/h1-2,5-8,10,14H,3-4,9,11-12H2,(H,23,25)/t14-/m0/s1. The van der Waals surface area contributed by atoms with Crippen molar-refractivity contribution in [2.24, 2.45) is 0 Å². The number of imide groups is 1. The Morgan fingerprint density at radius 2 is 1.97 bits per heavy atom. The maximum atomic E-state index is 12.7. The fourth-order valence-corrected chi connectivity index (χ4v) is 3.62. The molecule has 0 unspecified atom stereocenters. The van der Waals surface area contributed by atoms with Crippen LogP contribution in [0.15, 0.2) is 42.5 Å². The van der Waals surface area contributed by atoms with Crippen molar-refractivity contribution < 1.29 is 23.9 Å². The summed E-state index contributed by atoms with van der Waals surface area (Å²) in [5.41, 5.74) is 1.02. The van der Waals surface area contributed by atoms with Gasteiger partial charge in [0.25, 0.3) is 17.7 Å². The molecule has 2 aromatic rings. The van der Waals surface area contributed by atoms with Gasteiger partial charge in [0, 0.05) is 12.3 Å². The molecule has 2 aliphatic rings. The molecule has 1 atom stereocenters. The number of carbonyl (C=O) groups excluding carboxylic acids is 3. The van der Waals surface area contributed by atoms with Crippen LogP contribution in [0.1, 0.15) is 33.6 Å². The molecule has 0 spiro atoms. The first-order valence-corrected chi connectivity index (χ1v) is 9.70. The van der Waals surface area contributed by atoms with Crippen LogP contribution in [0.25, 0.3) is 0 Å². The minimum atomic E-state index is -0.405. The highest BCUT2D eigenvalue weighted by molar-refractivity contribution is 6.32. The molecule has 1 fully saturated rings. The third-order valence-corrected chi connectivity index (χ3v) is 5.17. The monoisotopic (exact) mass is 414 g/mol. The van der Waals surface area contributed by atoms with Crippen molar-refractivity contribution >= 4 is 35.0 Å². The van der Waals surface area contributed by atoms with E-state index in [1.807, 2.05) is 0 Å². The zero-order valence-corrected chi connectivity index (χ0v) is 16.3. The molecule has 0 radical (unpaired) electrons. The Morgan fingerprint density at radius 1 is 1.17 bits per heavy atom. The third kappa shape index (κ3) is 4.11. The first-order valence-electron chi connectivity index (χ1n) is 9.32. The van der Waals surface area contributed by atoms with Crippen LogP contribution < -0.4 is 10.1 Å². The van der Waals surface area contributed by atoms with Crippen molar-refractivity contribution in [3.05, 3.63) is 58.6 Å². The number of ether oxygens (including phenoxy) is 2. The lowest BCUT2D eigenvalue weighted by Gasteiger charge is -2.17. The number of fused-ring (bicyclic) bond motifs is 1. The van der Waals surface area contributed by atoms with Crippen molar-refractivity contribution in [2.45, 2.75) is 18.9 Å². The molecule has 3 amide bonds. The maximum absolute atomic E-state index is 12.7. The van der Waals surface area contributed by atoms with Crippen molar-refractivity contribution in [3.63, 3.8) is 0 Å². The molecule has 0 aromatic heterocycles. The van der Waals surface area contributed by atoms with E-state index in [0.717, 1.165) is 12.8 Å². The molecule has 0 saturated carbocycles. The molecular formula is C21H19ClN2O5. The Hall–Kier alpha value is -2.90. The Balaban J connectivity index is 1.40. The number of para-hydroxylation sites is 1. The molecular weight excluding hydrogens is 396 g/mol. The molecule has 150 valence electrons. The number of nitrogens with zero attached hydrogens (tertiary/aromatic N) is 1. The predicted octanol–water partition coefficient (Wildman–Crippen LogP) is 3.13. The van der Waals surface area contributed by atoms with Crippen LogP contribution >= 0.6 is 11.6 Å². The molecule has 0 bridgehead atoms. The van der Waals surface area contributed by atoms with Crippen LogP contribution in [0.5, 0.6) is 5.75 Å². The minimum Gasteiger partial charge on any atom is -0.482 e. The Bertz CT molecular complexity index is 971. The Morgan fingerprint density at radius 3 is 2.72 bits per heavy atom. The Labute approximate surface area is 172 Å². The van der Waals surface area contributed by atoms with Gasteiger partial charge in [0.05, 0.1) is 28.8 Å². The van der Waals surface area contributed by atoms with E-state index >= 15 is 0 Å². The maximum Gasteiger partial charge on any atom is 0.262 e. The number of hydrogen-bond donors (Lipinski definition) is 1. The number of anilines is 1. The molecule has 1 saturated heterocycles. The summed E-state index contributed by atoms with van der Waals surface area (Å²) in [7, 11) is 0. The Kier molecular flexibility index (Phi) is 5.51. The summed E-state index contributed by atoms with van der Waals surface area (Å²) >= 11 is 6.00. The second kappa shape index (κ2) is 8.23. The normalized spacial score (nSPS) is 18.1. The van der Waals surface area contributed by atoms with Crippen LogP contribution in [0, 0.1) is 0 Å². The van der Waals surface area contributed by atoms with Gasteiger partial charge in [0.15, 0.2) is 6.61 Å². The number of hydrogen-bond acceptors (Lipinski definition) is 5. The van der Waals surface area contributed by atoms with Crippen molar-refractivity contribution in [3.8, 4) is 5.75 Å². The molecule has 2 heterocycles. The lowest BCUT2D eigenvalue weighted by Crippen LogP contribution is -2.36. The summed E-state index contributed by atoms with van der Waals surface area (Å²) in [4.78, 5) is 38.6. The van der Waals surface area contributed by atoms with Gasteiger partial charge in [-0.3, -0.25) is 19.3 Å². The summed E-state index contributed by atoms with van der Waals surface area (Å²) in [6, 6.07) is 11.5. The van der Waals surface area contributed by atoms with Gasteiger partial charge >= 0.3 is 0 Å². The van der Waals surface area contributed by atoms with Crippen LogP contribution in [-0.2, 0) is 9.53 Å². The van der Waals surface area contributed by atoms with Gasteiger partial charge in [0.1, 0.15) is 5.75 Å². The smallest absolute Gasteiger partial charge is 0.262 e. The minimum absolute atomic E-state index is 0.113. The van der Waals surface area contributed by atoms with E-state index in [1.165, 1.54) is 11.0 Å². The van der Waals surface area contributed by atoms with Gasteiger partial charge in [-0.25, -0.2) is 0 Å². The van der Waals surface area contributed by atoms with Crippen molar-refractivity contribution in [1.82, 2.24) is 4.90 Å². The predicted molar refractivity (Wildman–Crippen MR) is 106 cm³/mol. The second-order valence-electron chi connectivity index (χ2n) is 6.88. The average Bonchev–Trinajstić information content (AvgIpc) is 3.31. The van der Waals surface area contributed by atoms with E-state index in [0.29, 0.717) is 28.6 Å². The van der Waals surface area contributed by atoms with Gasteiger partial charge < -0.3 is 14.8 Å².